The van der Waals surface area contributed by atoms with E-state index in [1.165, 1.54) is 0 Å². The van der Waals surface area contributed by atoms with E-state index in [1.54, 1.807) is 12.1 Å². The number of carbonyl (C=O) groups excluding carboxylic acids is 1. The number of aliphatic hydroxyl groups is 1. The van der Waals surface area contributed by atoms with Crippen LogP contribution in [0.4, 0.5) is 4.79 Å². The summed E-state index contributed by atoms with van der Waals surface area (Å²) in [5.41, 5.74) is 0.736. The molecular weight excluding hydrogens is 304 g/mol. The van der Waals surface area contributed by atoms with E-state index in [2.05, 4.69) is 10.6 Å². The van der Waals surface area contributed by atoms with Gasteiger partial charge in [0.15, 0.2) is 0 Å². The molecule has 0 saturated carbocycles. The minimum atomic E-state index is -0.377. The molecule has 3 N–H and O–H groups in total. The van der Waals surface area contributed by atoms with Crippen LogP contribution in [0, 0.1) is 0 Å². The zero-order valence-corrected chi connectivity index (χ0v) is 13.5. The number of halogens is 1. The molecule has 5 nitrogen and oxygen atoms in total. The van der Waals surface area contributed by atoms with Crippen molar-refractivity contribution in [1.82, 2.24) is 10.6 Å². The number of fused-ring (bicyclic) bond motifs is 1. The van der Waals surface area contributed by atoms with Crippen molar-refractivity contribution in [2.45, 2.75) is 38.8 Å². The van der Waals surface area contributed by atoms with Gasteiger partial charge in [-0.2, -0.15) is 0 Å². The molecule has 0 bridgehead atoms. The summed E-state index contributed by atoms with van der Waals surface area (Å²) in [5, 5.41) is 16.5. The van der Waals surface area contributed by atoms with Gasteiger partial charge in [-0.3, -0.25) is 0 Å². The number of aliphatic hydroxyl groups excluding tert-OH is 1. The maximum absolute atomic E-state index is 11.8. The third-order valence-corrected chi connectivity index (χ3v) is 3.74. The molecule has 0 aliphatic heterocycles. The normalized spacial score (nSPS) is 13.8. The molecule has 0 saturated heterocycles. The number of amides is 2. The lowest BCUT2D eigenvalue weighted by atomic mass is 10.2. The van der Waals surface area contributed by atoms with Gasteiger partial charge in [-0.15, -0.1) is 0 Å². The highest BCUT2D eigenvalue weighted by Gasteiger charge is 2.14. The van der Waals surface area contributed by atoms with Crippen molar-refractivity contribution < 1.29 is 14.3 Å². The fourth-order valence-corrected chi connectivity index (χ4v) is 2.30. The van der Waals surface area contributed by atoms with Crippen LogP contribution < -0.4 is 10.6 Å². The van der Waals surface area contributed by atoms with Gasteiger partial charge >= 0.3 is 6.03 Å². The number of benzene rings is 1. The van der Waals surface area contributed by atoms with Gasteiger partial charge in [-0.05, 0) is 44.0 Å². The topological polar surface area (TPSA) is 74.5 Å². The summed E-state index contributed by atoms with van der Waals surface area (Å²) >= 11 is 5.94. The summed E-state index contributed by atoms with van der Waals surface area (Å²) in [6, 6.07) is 6.72. The van der Waals surface area contributed by atoms with Crippen molar-refractivity contribution in [3.05, 3.63) is 35.0 Å². The van der Waals surface area contributed by atoms with E-state index in [0.29, 0.717) is 30.2 Å². The Morgan fingerprint density at radius 3 is 2.91 bits per heavy atom. The molecule has 0 radical (unpaired) electrons. The first-order valence-corrected chi connectivity index (χ1v) is 7.78. The summed E-state index contributed by atoms with van der Waals surface area (Å²) in [6.45, 7) is 4.18. The van der Waals surface area contributed by atoms with Gasteiger partial charge < -0.3 is 20.2 Å². The maximum Gasteiger partial charge on any atom is 0.315 e. The first-order chi connectivity index (χ1) is 10.5. The predicted octanol–water partition coefficient (Wildman–Crippen LogP) is 3.61. The van der Waals surface area contributed by atoms with Gasteiger partial charge in [0.2, 0.25) is 0 Å². The summed E-state index contributed by atoms with van der Waals surface area (Å²) < 4.78 is 5.70. The molecule has 0 aliphatic carbocycles. The lowest BCUT2D eigenvalue weighted by molar-refractivity contribution is 0.160. The highest BCUT2D eigenvalue weighted by molar-refractivity contribution is 6.31. The van der Waals surface area contributed by atoms with Crippen LogP contribution in [0.25, 0.3) is 11.0 Å². The Kier molecular flexibility index (Phi) is 5.69. The van der Waals surface area contributed by atoms with Gasteiger partial charge in [0.25, 0.3) is 0 Å². The quantitative estimate of drug-likeness (QED) is 0.760. The van der Waals surface area contributed by atoms with Crippen molar-refractivity contribution in [2.75, 3.05) is 6.54 Å². The predicted molar refractivity (Wildman–Crippen MR) is 87.1 cm³/mol. The largest absolute Gasteiger partial charge is 0.459 e. The third-order valence-electron chi connectivity index (χ3n) is 3.51. The Hall–Kier alpha value is -1.72. The van der Waals surface area contributed by atoms with Crippen LogP contribution in [-0.4, -0.2) is 23.8 Å². The van der Waals surface area contributed by atoms with Crippen molar-refractivity contribution in [3.8, 4) is 0 Å². The molecule has 1 heterocycles. The zero-order chi connectivity index (χ0) is 16.1. The fraction of sp³-hybridized carbons (Fsp3) is 0.438. The molecule has 1 aromatic heterocycles. The van der Waals surface area contributed by atoms with Crippen LogP contribution in [0.5, 0.6) is 0 Å². The second-order valence-electron chi connectivity index (χ2n) is 5.30. The van der Waals surface area contributed by atoms with E-state index in [9.17, 15) is 9.90 Å². The van der Waals surface area contributed by atoms with Crippen molar-refractivity contribution in [1.29, 1.82) is 0 Å². The van der Waals surface area contributed by atoms with Gasteiger partial charge in [0.05, 0.1) is 12.1 Å². The lowest BCUT2D eigenvalue weighted by Crippen LogP contribution is -2.38. The monoisotopic (exact) mass is 324 g/mol. The van der Waals surface area contributed by atoms with Gasteiger partial charge in [-0.25, -0.2) is 4.79 Å². The number of furan rings is 1. The SMILES string of the molecule is CCC(O)CCNC(=O)NC(C)c1cc2cc(Cl)ccc2o1. The second kappa shape index (κ2) is 7.51. The first-order valence-electron chi connectivity index (χ1n) is 7.41. The Bertz CT molecular complexity index is 641. The maximum atomic E-state index is 11.8. The Morgan fingerprint density at radius 2 is 2.18 bits per heavy atom. The minimum absolute atomic E-state index is 0.262. The molecule has 0 spiro atoms. The van der Waals surface area contributed by atoms with E-state index in [-0.39, 0.29) is 18.2 Å². The summed E-state index contributed by atoms with van der Waals surface area (Å²) in [4.78, 5) is 11.8. The van der Waals surface area contributed by atoms with Gasteiger partial charge in [0.1, 0.15) is 11.3 Å². The van der Waals surface area contributed by atoms with Crippen LogP contribution >= 0.6 is 11.6 Å². The molecule has 2 unspecified atom stereocenters. The molecule has 2 aromatic rings. The van der Waals surface area contributed by atoms with Crippen LogP contribution in [-0.2, 0) is 0 Å². The van der Waals surface area contributed by atoms with Crippen LogP contribution in [0.2, 0.25) is 5.02 Å². The smallest absolute Gasteiger partial charge is 0.315 e. The standard InChI is InChI=1S/C16H21ClN2O3/c1-3-13(20)6-7-18-16(21)19-10(2)15-9-11-8-12(17)4-5-14(11)22-15/h4-5,8-10,13,20H,3,6-7H2,1-2H3,(H2,18,19,21). The van der Waals surface area contributed by atoms with E-state index in [4.69, 9.17) is 16.0 Å². The molecule has 1 aromatic carbocycles. The van der Waals surface area contributed by atoms with Gasteiger partial charge in [-0.1, -0.05) is 18.5 Å². The zero-order valence-electron chi connectivity index (χ0n) is 12.7. The number of carbonyl (C=O) groups is 1. The molecule has 0 fully saturated rings. The number of rotatable bonds is 6. The molecular formula is C16H21ClN2O3. The van der Waals surface area contributed by atoms with Crippen LogP contribution in [0.3, 0.4) is 0 Å². The molecule has 2 atom stereocenters. The van der Waals surface area contributed by atoms with Crippen molar-refractivity contribution in [2.24, 2.45) is 0 Å². The number of hydrogen-bond donors (Lipinski definition) is 3. The first kappa shape index (κ1) is 16.6. The summed E-state index contributed by atoms with van der Waals surface area (Å²) in [7, 11) is 0. The third kappa shape index (κ3) is 4.39. The van der Waals surface area contributed by atoms with E-state index in [1.807, 2.05) is 26.0 Å². The highest BCUT2D eigenvalue weighted by atomic mass is 35.5. The van der Waals surface area contributed by atoms with E-state index < -0.39 is 0 Å². The lowest BCUT2D eigenvalue weighted by Gasteiger charge is -2.13. The Labute approximate surface area is 134 Å². The average Bonchev–Trinajstić information content (AvgIpc) is 2.90. The van der Waals surface area contributed by atoms with E-state index >= 15 is 0 Å². The van der Waals surface area contributed by atoms with Crippen LogP contribution in [0.1, 0.15) is 38.5 Å². The minimum Gasteiger partial charge on any atom is -0.459 e. The molecule has 120 valence electrons. The van der Waals surface area contributed by atoms with Crippen LogP contribution in [0.15, 0.2) is 28.7 Å². The molecule has 2 amide bonds. The average molecular weight is 325 g/mol. The Balaban J connectivity index is 1.90. The summed E-state index contributed by atoms with van der Waals surface area (Å²) in [6.07, 6.45) is 0.848. The van der Waals surface area contributed by atoms with Crippen molar-refractivity contribution in [3.63, 3.8) is 0 Å². The fourth-order valence-electron chi connectivity index (χ4n) is 2.12. The molecule has 22 heavy (non-hydrogen) atoms. The van der Waals surface area contributed by atoms with Crippen molar-refractivity contribution >= 4 is 28.6 Å². The van der Waals surface area contributed by atoms with E-state index in [0.717, 1.165) is 11.0 Å². The second-order valence-corrected chi connectivity index (χ2v) is 5.74. The number of nitrogens with one attached hydrogen (secondary N) is 2. The molecule has 2 rings (SSSR count). The molecule has 6 heteroatoms. The number of urea groups is 1. The Morgan fingerprint density at radius 1 is 1.41 bits per heavy atom. The number of hydrogen-bond acceptors (Lipinski definition) is 3. The highest BCUT2D eigenvalue weighted by Crippen LogP contribution is 2.26. The summed E-state index contributed by atoms with van der Waals surface area (Å²) in [5.74, 6) is 0.668. The van der Waals surface area contributed by atoms with Gasteiger partial charge in [0, 0.05) is 17.0 Å². The molecule has 0 aliphatic rings.